The highest BCUT2D eigenvalue weighted by molar-refractivity contribution is 6.17. The highest BCUT2D eigenvalue weighted by Crippen LogP contribution is 2.30. The summed E-state index contributed by atoms with van der Waals surface area (Å²) in [5, 5.41) is 0. The molecule has 0 amide bonds. The molecule has 0 saturated carbocycles. The molecule has 0 aliphatic carbocycles. The molecule has 21 heavy (non-hydrogen) atoms. The predicted octanol–water partition coefficient (Wildman–Crippen LogP) is 3.81. The number of aromatic nitrogens is 2. The summed E-state index contributed by atoms with van der Waals surface area (Å²) >= 11 is 5.95. The van der Waals surface area contributed by atoms with Crippen LogP contribution in [-0.2, 0) is 11.2 Å². The molecular weight excluding hydrogens is 288 g/mol. The van der Waals surface area contributed by atoms with Crippen molar-refractivity contribution in [1.82, 2.24) is 9.55 Å². The van der Waals surface area contributed by atoms with Gasteiger partial charge in [0, 0.05) is 19.4 Å². The smallest absolute Gasteiger partial charge is 0.147 e. The molecule has 0 spiro atoms. The minimum Gasteiger partial charge on any atom is -0.492 e. The van der Waals surface area contributed by atoms with Crippen molar-refractivity contribution >= 4 is 22.6 Å². The van der Waals surface area contributed by atoms with Crippen molar-refractivity contribution < 1.29 is 9.47 Å². The number of imidazole rings is 1. The van der Waals surface area contributed by atoms with E-state index < -0.39 is 0 Å². The maximum absolute atomic E-state index is 5.95. The highest BCUT2D eigenvalue weighted by Gasteiger charge is 2.19. The normalized spacial score (nSPS) is 12.8. The third-order valence-corrected chi connectivity index (χ3v) is 3.76. The lowest BCUT2D eigenvalue weighted by atomic mass is 10.2. The number of rotatable bonds is 8. The van der Waals surface area contributed by atoms with Gasteiger partial charge in [-0.2, -0.15) is 0 Å². The van der Waals surface area contributed by atoms with E-state index in [4.69, 9.17) is 26.1 Å². The van der Waals surface area contributed by atoms with E-state index in [9.17, 15) is 0 Å². The first kappa shape index (κ1) is 16.1. The fraction of sp³-hybridized carbons (Fsp3) is 0.562. The van der Waals surface area contributed by atoms with Crippen LogP contribution in [-0.4, -0.2) is 35.8 Å². The van der Waals surface area contributed by atoms with E-state index in [1.165, 1.54) is 0 Å². The Balaban J connectivity index is 2.59. The Morgan fingerprint density at radius 1 is 1.33 bits per heavy atom. The molecule has 116 valence electrons. The molecule has 0 bridgehead atoms. The number of halogens is 1. The lowest BCUT2D eigenvalue weighted by Gasteiger charge is -2.19. The van der Waals surface area contributed by atoms with Gasteiger partial charge in [0.15, 0.2) is 0 Å². The fourth-order valence-corrected chi connectivity index (χ4v) is 2.82. The van der Waals surface area contributed by atoms with E-state index in [-0.39, 0.29) is 6.04 Å². The van der Waals surface area contributed by atoms with Crippen molar-refractivity contribution in [2.45, 2.75) is 32.7 Å². The molecule has 2 aromatic rings. The van der Waals surface area contributed by atoms with Crippen LogP contribution < -0.4 is 4.74 Å². The van der Waals surface area contributed by atoms with Gasteiger partial charge in [0.05, 0.1) is 24.8 Å². The molecule has 2 rings (SSSR count). The molecule has 0 fully saturated rings. The zero-order valence-corrected chi connectivity index (χ0v) is 13.7. The lowest BCUT2D eigenvalue weighted by molar-refractivity contribution is 0.153. The Morgan fingerprint density at radius 2 is 2.14 bits per heavy atom. The van der Waals surface area contributed by atoms with E-state index in [0.717, 1.165) is 35.4 Å². The van der Waals surface area contributed by atoms with Crippen LogP contribution in [0.1, 0.15) is 32.1 Å². The highest BCUT2D eigenvalue weighted by atomic mass is 35.5. The van der Waals surface area contributed by atoms with Crippen molar-refractivity contribution in [3.63, 3.8) is 0 Å². The van der Waals surface area contributed by atoms with Crippen molar-refractivity contribution in [2.24, 2.45) is 0 Å². The van der Waals surface area contributed by atoms with E-state index >= 15 is 0 Å². The molecule has 5 heteroatoms. The monoisotopic (exact) mass is 310 g/mol. The number of aryl methyl sites for hydroxylation is 1. The number of methoxy groups -OCH3 is 1. The second kappa shape index (κ2) is 7.66. The number of ether oxygens (including phenoxy) is 2. The zero-order valence-electron chi connectivity index (χ0n) is 12.9. The number of para-hydroxylation sites is 1. The Morgan fingerprint density at radius 3 is 2.76 bits per heavy atom. The SMILES string of the molecule is CCOc1cccc2c1nc(CCCl)n2C(CC)COC. The number of nitrogens with zero attached hydrogens (tertiary/aromatic N) is 2. The Bertz CT molecular complexity index is 583. The summed E-state index contributed by atoms with van der Waals surface area (Å²) < 4.78 is 13.3. The molecule has 1 unspecified atom stereocenters. The van der Waals surface area contributed by atoms with Gasteiger partial charge >= 0.3 is 0 Å². The van der Waals surface area contributed by atoms with E-state index in [2.05, 4.69) is 17.6 Å². The van der Waals surface area contributed by atoms with Gasteiger partial charge in [-0.05, 0) is 25.5 Å². The van der Waals surface area contributed by atoms with Gasteiger partial charge < -0.3 is 14.0 Å². The number of hydrogen-bond donors (Lipinski definition) is 0. The van der Waals surface area contributed by atoms with Crippen LogP contribution in [0.15, 0.2) is 18.2 Å². The Labute approximate surface area is 131 Å². The fourth-order valence-electron chi connectivity index (χ4n) is 2.65. The average molecular weight is 311 g/mol. The van der Waals surface area contributed by atoms with Gasteiger partial charge in [0.2, 0.25) is 0 Å². The number of hydrogen-bond acceptors (Lipinski definition) is 3. The minimum absolute atomic E-state index is 0.259. The largest absolute Gasteiger partial charge is 0.492 e. The van der Waals surface area contributed by atoms with Crippen LogP contribution in [0.5, 0.6) is 5.75 Å². The van der Waals surface area contributed by atoms with Crippen LogP contribution >= 0.6 is 11.6 Å². The van der Waals surface area contributed by atoms with Crippen molar-refractivity contribution in [2.75, 3.05) is 26.2 Å². The third kappa shape index (κ3) is 3.33. The quantitative estimate of drug-likeness (QED) is 0.696. The van der Waals surface area contributed by atoms with Crippen molar-refractivity contribution in [3.8, 4) is 5.75 Å². The Kier molecular flexibility index (Phi) is 5.88. The van der Waals surface area contributed by atoms with Crippen molar-refractivity contribution in [1.29, 1.82) is 0 Å². The second-order valence-corrected chi connectivity index (χ2v) is 5.29. The van der Waals surface area contributed by atoms with Gasteiger partial charge in [0.25, 0.3) is 0 Å². The number of alkyl halides is 1. The molecule has 1 aromatic heterocycles. The van der Waals surface area contributed by atoms with Gasteiger partial charge in [-0.3, -0.25) is 0 Å². The average Bonchev–Trinajstić information content (AvgIpc) is 2.85. The molecule has 0 aliphatic rings. The molecular formula is C16H23ClN2O2. The summed E-state index contributed by atoms with van der Waals surface area (Å²) in [6.45, 7) is 5.43. The predicted molar refractivity (Wildman–Crippen MR) is 86.5 cm³/mol. The molecule has 1 atom stereocenters. The summed E-state index contributed by atoms with van der Waals surface area (Å²) in [7, 11) is 1.73. The molecule has 1 aromatic carbocycles. The van der Waals surface area contributed by atoms with Gasteiger partial charge in [-0.25, -0.2) is 4.98 Å². The van der Waals surface area contributed by atoms with Gasteiger partial charge in [-0.15, -0.1) is 11.6 Å². The van der Waals surface area contributed by atoms with E-state index in [1.807, 2.05) is 19.1 Å². The van der Waals surface area contributed by atoms with Crippen LogP contribution in [0.3, 0.4) is 0 Å². The molecule has 0 saturated heterocycles. The summed E-state index contributed by atoms with van der Waals surface area (Å²) in [4.78, 5) is 4.77. The van der Waals surface area contributed by atoms with E-state index in [1.54, 1.807) is 7.11 Å². The standard InChI is InChI=1S/C16H23ClN2O2/c1-4-12(11-20-3)19-13-7-6-8-14(21-5-2)16(13)18-15(19)9-10-17/h6-8,12H,4-5,9-11H2,1-3H3. The minimum atomic E-state index is 0.259. The lowest BCUT2D eigenvalue weighted by Crippen LogP contribution is -2.16. The maximum Gasteiger partial charge on any atom is 0.147 e. The third-order valence-electron chi connectivity index (χ3n) is 3.57. The molecule has 1 heterocycles. The second-order valence-electron chi connectivity index (χ2n) is 4.91. The summed E-state index contributed by atoms with van der Waals surface area (Å²) in [6, 6.07) is 6.32. The Hall–Kier alpha value is -1.26. The summed E-state index contributed by atoms with van der Waals surface area (Å²) in [6.07, 6.45) is 1.72. The van der Waals surface area contributed by atoms with Crippen LogP contribution in [0.2, 0.25) is 0 Å². The number of fused-ring (bicyclic) bond motifs is 1. The summed E-state index contributed by atoms with van der Waals surface area (Å²) in [5.41, 5.74) is 2.00. The van der Waals surface area contributed by atoms with Crippen LogP contribution in [0.4, 0.5) is 0 Å². The van der Waals surface area contributed by atoms with Gasteiger partial charge in [0.1, 0.15) is 17.1 Å². The topological polar surface area (TPSA) is 36.3 Å². The zero-order chi connectivity index (χ0) is 15.2. The first-order chi connectivity index (χ1) is 10.3. The first-order valence-corrected chi connectivity index (χ1v) is 7.97. The summed E-state index contributed by atoms with van der Waals surface area (Å²) in [5.74, 6) is 2.38. The van der Waals surface area contributed by atoms with Crippen LogP contribution in [0, 0.1) is 0 Å². The van der Waals surface area contributed by atoms with E-state index in [0.29, 0.717) is 19.1 Å². The van der Waals surface area contributed by atoms with Gasteiger partial charge in [-0.1, -0.05) is 13.0 Å². The van der Waals surface area contributed by atoms with Crippen LogP contribution in [0.25, 0.3) is 11.0 Å². The molecule has 4 nitrogen and oxygen atoms in total. The first-order valence-electron chi connectivity index (χ1n) is 7.44. The molecule has 0 N–H and O–H groups in total. The number of benzene rings is 1. The maximum atomic E-state index is 5.95. The molecule has 0 radical (unpaired) electrons. The molecule has 0 aliphatic heterocycles. The van der Waals surface area contributed by atoms with Crippen molar-refractivity contribution in [3.05, 3.63) is 24.0 Å².